The van der Waals surface area contributed by atoms with Gasteiger partial charge in [0.2, 0.25) is 0 Å². The molecule has 0 atom stereocenters. The molecule has 1 rings (SSSR count). The van der Waals surface area contributed by atoms with Crippen LogP contribution in [0, 0.1) is 6.08 Å². The molecule has 0 aromatic rings. The average Bonchev–Trinajstić information content (AvgIpc) is 2.22. The van der Waals surface area contributed by atoms with E-state index in [2.05, 4.69) is 42.5 Å². The van der Waals surface area contributed by atoms with E-state index in [1.165, 1.54) is 32.1 Å². The van der Waals surface area contributed by atoms with Crippen LogP contribution in [0.3, 0.4) is 0 Å². The third kappa shape index (κ3) is 6.47. The predicted octanol–water partition coefficient (Wildman–Crippen LogP) is 4.37. The maximum Gasteiger partial charge on any atom is -0.0163 e. The first-order chi connectivity index (χ1) is 7.00. The molecule has 0 fully saturated rings. The van der Waals surface area contributed by atoms with E-state index in [9.17, 15) is 0 Å². The van der Waals surface area contributed by atoms with E-state index >= 15 is 0 Å². The van der Waals surface area contributed by atoms with Gasteiger partial charge < -0.3 is 0 Å². The van der Waals surface area contributed by atoms with Gasteiger partial charge in [0, 0.05) is 0 Å². The Morgan fingerprint density at radius 1 is 0.786 bits per heavy atom. The monoisotopic (exact) mass is 187 g/mol. The van der Waals surface area contributed by atoms with E-state index in [0.29, 0.717) is 0 Å². The Bertz CT molecular complexity index is 204. The molecule has 1 aliphatic carbocycles. The van der Waals surface area contributed by atoms with Crippen LogP contribution in [0.25, 0.3) is 0 Å². The molecule has 0 heterocycles. The largest absolute Gasteiger partial charge is 0.0845 e. The lowest BCUT2D eigenvalue weighted by molar-refractivity contribution is 0.695. The highest BCUT2D eigenvalue weighted by Crippen LogP contribution is 2.04. The van der Waals surface area contributed by atoms with Crippen molar-refractivity contribution in [1.29, 1.82) is 0 Å². The Labute approximate surface area is 87.7 Å². The molecule has 0 spiro atoms. The van der Waals surface area contributed by atoms with Crippen molar-refractivity contribution in [1.82, 2.24) is 0 Å². The first-order valence-corrected chi connectivity index (χ1v) is 5.54. The number of rotatable bonds is 0. The van der Waals surface area contributed by atoms with E-state index in [0.717, 1.165) is 6.42 Å². The lowest BCUT2D eigenvalue weighted by atomic mass is 10.1. The van der Waals surface area contributed by atoms with Gasteiger partial charge in [-0.2, -0.15) is 0 Å². The Kier molecular flexibility index (Phi) is 6.74. The Balaban J connectivity index is 2.35. The van der Waals surface area contributed by atoms with Gasteiger partial charge in [-0.15, -0.1) is 0 Å². The van der Waals surface area contributed by atoms with Crippen molar-refractivity contribution >= 4 is 0 Å². The van der Waals surface area contributed by atoms with E-state index < -0.39 is 0 Å². The second-order valence-electron chi connectivity index (χ2n) is 3.50. The zero-order valence-electron chi connectivity index (χ0n) is 8.78. The summed E-state index contributed by atoms with van der Waals surface area (Å²) in [6, 6.07) is 0. The highest BCUT2D eigenvalue weighted by Gasteiger charge is 1.85. The van der Waals surface area contributed by atoms with Crippen LogP contribution < -0.4 is 0 Å². The smallest absolute Gasteiger partial charge is 0.0163 e. The van der Waals surface area contributed by atoms with Crippen molar-refractivity contribution in [3.63, 3.8) is 0 Å². The van der Waals surface area contributed by atoms with Crippen LogP contribution in [0.4, 0.5) is 0 Å². The summed E-state index contributed by atoms with van der Waals surface area (Å²) in [5.41, 5.74) is 0. The SMILES string of the molecule is [C]1=C/CCCCC/C=C/C=C\C/C=C/1. The zero-order valence-corrected chi connectivity index (χ0v) is 8.78. The maximum absolute atomic E-state index is 3.18. The summed E-state index contributed by atoms with van der Waals surface area (Å²) in [6.45, 7) is 0. The Morgan fingerprint density at radius 2 is 1.64 bits per heavy atom. The molecule has 0 N–H and O–H groups in total. The van der Waals surface area contributed by atoms with Crippen LogP contribution in [-0.4, -0.2) is 0 Å². The second-order valence-corrected chi connectivity index (χ2v) is 3.50. The van der Waals surface area contributed by atoms with Crippen LogP contribution in [0.2, 0.25) is 0 Å². The van der Waals surface area contributed by atoms with Crippen molar-refractivity contribution in [3.05, 3.63) is 48.6 Å². The first kappa shape index (κ1) is 11.0. The molecule has 0 aliphatic heterocycles. The number of hydrogen-bond acceptors (Lipinski definition) is 0. The van der Waals surface area contributed by atoms with Crippen LogP contribution in [0.5, 0.6) is 0 Å². The number of hydrogen-bond donors (Lipinski definition) is 0. The summed E-state index contributed by atoms with van der Waals surface area (Å²) in [4.78, 5) is 0. The van der Waals surface area contributed by atoms with Gasteiger partial charge >= 0.3 is 0 Å². The molecule has 14 heavy (non-hydrogen) atoms. The highest BCUT2D eigenvalue weighted by atomic mass is 13.9. The van der Waals surface area contributed by atoms with Gasteiger partial charge in [0.1, 0.15) is 0 Å². The van der Waals surface area contributed by atoms with Crippen LogP contribution in [0.1, 0.15) is 38.5 Å². The van der Waals surface area contributed by atoms with E-state index in [1.807, 2.05) is 6.08 Å². The van der Waals surface area contributed by atoms with Crippen molar-refractivity contribution in [3.8, 4) is 0 Å². The summed E-state index contributed by atoms with van der Waals surface area (Å²) in [7, 11) is 0. The molecule has 0 amide bonds. The summed E-state index contributed by atoms with van der Waals surface area (Å²) in [6.07, 6.45) is 25.5. The Morgan fingerprint density at radius 3 is 2.64 bits per heavy atom. The molecule has 0 heteroatoms. The lowest BCUT2D eigenvalue weighted by Gasteiger charge is -1.94. The quantitative estimate of drug-likeness (QED) is 0.528. The fourth-order valence-corrected chi connectivity index (χ4v) is 1.38. The van der Waals surface area contributed by atoms with E-state index in [4.69, 9.17) is 0 Å². The van der Waals surface area contributed by atoms with Gasteiger partial charge in [-0.25, -0.2) is 0 Å². The third-order valence-electron chi connectivity index (χ3n) is 2.21. The summed E-state index contributed by atoms with van der Waals surface area (Å²) >= 11 is 0. The fourth-order valence-electron chi connectivity index (χ4n) is 1.38. The highest BCUT2D eigenvalue weighted by molar-refractivity contribution is 5.06. The topological polar surface area (TPSA) is 0 Å². The molecule has 0 aromatic heterocycles. The van der Waals surface area contributed by atoms with Gasteiger partial charge in [-0.05, 0) is 38.2 Å². The minimum Gasteiger partial charge on any atom is -0.0845 e. The molecular weight excluding hydrogens is 168 g/mol. The van der Waals surface area contributed by atoms with Gasteiger partial charge in [-0.1, -0.05) is 49.0 Å². The lowest BCUT2D eigenvalue weighted by Crippen LogP contribution is -1.75. The molecule has 0 nitrogen and oxygen atoms in total. The predicted molar refractivity (Wildman–Crippen MR) is 62.9 cm³/mol. The van der Waals surface area contributed by atoms with Crippen LogP contribution in [-0.2, 0) is 0 Å². The van der Waals surface area contributed by atoms with Crippen LogP contribution >= 0.6 is 0 Å². The molecule has 1 aliphatic rings. The van der Waals surface area contributed by atoms with E-state index in [1.54, 1.807) is 0 Å². The Hall–Kier alpha value is -1.04. The first-order valence-electron chi connectivity index (χ1n) is 5.54. The normalized spacial score (nSPS) is 28.6. The second kappa shape index (κ2) is 8.55. The average molecular weight is 187 g/mol. The number of allylic oxidation sites excluding steroid dienone is 8. The van der Waals surface area contributed by atoms with E-state index in [-0.39, 0.29) is 0 Å². The minimum atomic E-state index is 1.01. The maximum atomic E-state index is 3.18. The van der Waals surface area contributed by atoms with Crippen molar-refractivity contribution in [2.75, 3.05) is 0 Å². The van der Waals surface area contributed by atoms with Gasteiger partial charge in [0.05, 0.1) is 0 Å². The molecule has 0 saturated heterocycles. The molecular formula is C14H19. The van der Waals surface area contributed by atoms with Gasteiger partial charge in [0.15, 0.2) is 0 Å². The van der Waals surface area contributed by atoms with Crippen LogP contribution in [0.15, 0.2) is 42.5 Å². The molecule has 0 unspecified atom stereocenters. The fraction of sp³-hybridized carbons (Fsp3) is 0.429. The molecule has 1 radical (unpaired) electrons. The standard InChI is InChI=1S/C14H19/c1-2-4-6-8-10-12-14-13-11-9-7-5-3-1/h1-4,7,9,13H,5-6,8,10,12,14H2/b3-1-,4-2+,9-7+,13-11?. The van der Waals surface area contributed by atoms with Gasteiger partial charge in [0.25, 0.3) is 0 Å². The molecule has 75 valence electrons. The van der Waals surface area contributed by atoms with Crippen molar-refractivity contribution in [2.45, 2.75) is 38.5 Å². The third-order valence-corrected chi connectivity index (χ3v) is 2.21. The summed E-state index contributed by atoms with van der Waals surface area (Å²) < 4.78 is 0. The van der Waals surface area contributed by atoms with Crippen molar-refractivity contribution < 1.29 is 0 Å². The summed E-state index contributed by atoms with van der Waals surface area (Å²) in [5, 5.41) is 0. The molecule has 0 aromatic carbocycles. The van der Waals surface area contributed by atoms with Gasteiger partial charge in [-0.3, -0.25) is 0 Å². The molecule has 0 bridgehead atoms. The molecule has 0 saturated carbocycles. The summed E-state index contributed by atoms with van der Waals surface area (Å²) in [5.74, 6) is 0. The zero-order chi connectivity index (χ0) is 9.90. The minimum absolute atomic E-state index is 1.01. The van der Waals surface area contributed by atoms with Crippen molar-refractivity contribution in [2.24, 2.45) is 0 Å².